The second-order valence-electron chi connectivity index (χ2n) is 4.16. The van der Waals surface area contributed by atoms with E-state index in [0.29, 0.717) is 31.2 Å². The van der Waals surface area contributed by atoms with Gasteiger partial charge in [-0.2, -0.15) is 0 Å². The molecule has 0 saturated carbocycles. The van der Waals surface area contributed by atoms with Gasteiger partial charge >= 0.3 is 0 Å². The number of benzene rings is 1. The van der Waals surface area contributed by atoms with Crippen LogP contribution < -0.4 is 20.5 Å². The van der Waals surface area contributed by atoms with Crippen LogP contribution in [0, 0.1) is 0 Å². The average Bonchev–Trinajstić information content (AvgIpc) is 2.46. The van der Waals surface area contributed by atoms with Crippen molar-refractivity contribution >= 4 is 5.91 Å². The zero-order valence-corrected chi connectivity index (χ0v) is 12.0. The van der Waals surface area contributed by atoms with Crippen LogP contribution in [0.25, 0.3) is 0 Å². The molecule has 0 bridgehead atoms. The second kappa shape index (κ2) is 9.17. The first kappa shape index (κ1) is 16.3. The first-order chi connectivity index (χ1) is 9.71. The van der Waals surface area contributed by atoms with Crippen molar-refractivity contribution in [3.05, 3.63) is 23.8 Å². The molecule has 0 heterocycles. The molecule has 0 aliphatic carbocycles. The Labute approximate surface area is 119 Å². The summed E-state index contributed by atoms with van der Waals surface area (Å²) in [7, 11) is 3.14. The van der Waals surface area contributed by atoms with Crippen molar-refractivity contribution in [2.75, 3.05) is 40.5 Å². The summed E-state index contributed by atoms with van der Waals surface area (Å²) in [5.41, 5.74) is 6.58. The van der Waals surface area contributed by atoms with E-state index in [1.54, 1.807) is 20.3 Å². The zero-order valence-electron chi connectivity index (χ0n) is 12.0. The normalized spacial score (nSPS) is 10.2. The van der Waals surface area contributed by atoms with Crippen molar-refractivity contribution in [1.82, 2.24) is 5.32 Å². The van der Waals surface area contributed by atoms with Crippen molar-refractivity contribution in [2.45, 2.75) is 6.42 Å². The molecule has 0 saturated heterocycles. The van der Waals surface area contributed by atoms with Crippen LogP contribution >= 0.6 is 0 Å². The fourth-order valence-corrected chi connectivity index (χ4v) is 1.64. The third-order valence-electron chi connectivity index (χ3n) is 2.65. The van der Waals surface area contributed by atoms with Gasteiger partial charge in [0.1, 0.15) is 0 Å². The molecule has 0 aromatic heterocycles. The Kier molecular flexibility index (Phi) is 7.46. The summed E-state index contributed by atoms with van der Waals surface area (Å²) < 4.78 is 15.5. The maximum Gasteiger partial charge on any atom is 0.258 e. The highest BCUT2D eigenvalue weighted by Crippen LogP contribution is 2.28. The van der Waals surface area contributed by atoms with E-state index in [-0.39, 0.29) is 12.5 Å². The predicted molar refractivity (Wildman–Crippen MR) is 76.1 cm³/mol. The molecule has 0 spiro atoms. The highest BCUT2D eigenvalue weighted by atomic mass is 16.5. The Bertz CT molecular complexity index is 424. The summed E-state index contributed by atoms with van der Waals surface area (Å²) in [5.74, 6) is 0.936. The third-order valence-corrected chi connectivity index (χ3v) is 2.65. The van der Waals surface area contributed by atoms with Gasteiger partial charge < -0.3 is 25.3 Å². The topological polar surface area (TPSA) is 82.8 Å². The summed E-state index contributed by atoms with van der Waals surface area (Å²) in [5, 5.41) is 2.68. The Balaban J connectivity index is 2.52. The maximum absolute atomic E-state index is 11.5. The monoisotopic (exact) mass is 282 g/mol. The molecular weight excluding hydrogens is 260 g/mol. The number of rotatable bonds is 9. The molecule has 1 rings (SSSR count). The summed E-state index contributed by atoms with van der Waals surface area (Å²) in [6.45, 7) is 1.45. The summed E-state index contributed by atoms with van der Waals surface area (Å²) >= 11 is 0. The minimum absolute atomic E-state index is 0.0592. The zero-order chi connectivity index (χ0) is 14.8. The Morgan fingerprint density at radius 3 is 2.75 bits per heavy atom. The van der Waals surface area contributed by atoms with Gasteiger partial charge in [-0.25, -0.2) is 0 Å². The lowest BCUT2D eigenvalue weighted by Gasteiger charge is -2.12. The molecule has 1 aromatic rings. The van der Waals surface area contributed by atoms with Crippen LogP contribution in [0.2, 0.25) is 0 Å². The lowest BCUT2D eigenvalue weighted by molar-refractivity contribution is -0.123. The molecule has 20 heavy (non-hydrogen) atoms. The van der Waals surface area contributed by atoms with Gasteiger partial charge in [-0.15, -0.1) is 0 Å². The summed E-state index contributed by atoms with van der Waals surface area (Å²) in [4.78, 5) is 11.5. The lowest BCUT2D eigenvalue weighted by Crippen LogP contribution is -2.31. The van der Waals surface area contributed by atoms with E-state index in [1.807, 2.05) is 12.1 Å². The van der Waals surface area contributed by atoms with E-state index in [0.717, 1.165) is 12.0 Å². The Morgan fingerprint density at radius 1 is 1.30 bits per heavy atom. The fourth-order valence-electron chi connectivity index (χ4n) is 1.64. The smallest absolute Gasteiger partial charge is 0.258 e. The van der Waals surface area contributed by atoms with Crippen molar-refractivity contribution in [2.24, 2.45) is 5.73 Å². The van der Waals surface area contributed by atoms with Crippen molar-refractivity contribution < 1.29 is 19.0 Å². The minimum Gasteiger partial charge on any atom is -0.493 e. The second-order valence-corrected chi connectivity index (χ2v) is 4.16. The number of methoxy groups -OCH3 is 2. The van der Waals surface area contributed by atoms with Gasteiger partial charge in [-0.1, -0.05) is 6.07 Å². The van der Waals surface area contributed by atoms with E-state index in [1.165, 1.54) is 0 Å². The number of hydrogen-bond donors (Lipinski definition) is 2. The molecule has 0 atom stereocenters. The van der Waals surface area contributed by atoms with Crippen molar-refractivity contribution in [3.8, 4) is 11.5 Å². The molecular formula is C14H22N2O4. The third kappa shape index (κ3) is 5.46. The number of nitrogens with two attached hydrogens (primary N) is 1. The van der Waals surface area contributed by atoms with Gasteiger partial charge in [0.15, 0.2) is 18.1 Å². The van der Waals surface area contributed by atoms with Crippen LogP contribution in [-0.4, -0.2) is 46.4 Å². The van der Waals surface area contributed by atoms with Gasteiger partial charge in [-0.3, -0.25) is 4.79 Å². The van der Waals surface area contributed by atoms with Gasteiger partial charge in [0.25, 0.3) is 5.91 Å². The molecule has 0 fully saturated rings. The lowest BCUT2D eigenvalue weighted by atomic mass is 10.1. The quantitative estimate of drug-likeness (QED) is 0.638. The first-order valence-corrected chi connectivity index (χ1v) is 6.46. The van der Waals surface area contributed by atoms with Gasteiger partial charge in [0, 0.05) is 13.7 Å². The number of carbonyl (C=O) groups excluding carboxylic acids is 1. The molecule has 0 aliphatic heterocycles. The van der Waals surface area contributed by atoms with Crippen LogP contribution in [0.15, 0.2) is 18.2 Å². The highest BCUT2D eigenvalue weighted by molar-refractivity contribution is 5.77. The van der Waals surface area contributed by atoms with Crippen LogP contribution in [0.4, 0.5) is 0 Å². The van der Waals surface area contributed by atoms with Crippen molar-refractivity contribution in [3.63, 3.8) is 0 Å². The van der Waals surface area contributed by atoms with E-state index >= 15 is 0 Å². The Hall–Kier alpha value is -1.79. The molecule has 6 heteroatoms. The number of hydrogen-bond acceptors (Lipinski definition) is 5. The van der Waals surface area contributed by atoms with E-state index in [4.69, 9.17) is 19.9 Å². The molecule has 3 N–H and O–H groups in total. The molecule has 1 aromatic carbocycles. The first-order valence-electron chi connectivity index (χ1n) is 6.46. The number of carbonyl (C=O) groups is 1. The van der Waals surface area contributed by atoms with E-state index < -0.39 is 0 Å². The van der Waals surface area contributed by atoms with Gasteiger partial charge in [0.05, 0.1) is 13.7 Å². The molecule has 0 unspecified atom stereocenters. The van der Waals surface area contributed by atoms with Gasteiger partial charge in [0.2, 0.25) is 0 Å². The van der Waals surface area contributed by atoms with E-state index in [2.05, 4.69) is 5.32 Å². The van der Waals surface area contributed by atoms with Crippen molar-refractivity contribution in [1.29, 1.82) is 0 Å². The molecule has 0 aliphatic rings. The standard InChI is InChI=1S/C14H22N2O4/c1-18-8-7-16-14(17)10-20-12-4-3-11(5-6-15)9-13(12)19-2/h3-4,9H,5-8,10,15H2,1-2H3,(H,16,17). The molecule has 112 valence electrons. The molecule has 1 amide bonds. The average molecular weight is 282 g/mol. The summed E-state index contributed by atoms with van der Waals surface area (Å²) in [6, 6.07) is 5.56. The van der Waals surface area contributed by atoms with Crippen LogP contribution in [0.5, 0.6) is 11.5 Å². The highest BCUT2D eigenvalue weighted by Gasteiger charge is 2.08. The van der Waals surface area contributed by atoms with E-state index in [9.17, 15) is 4.79 Å². The summed E-state index contributed by atoms with van der Waals surface area (Å²) in [6.07, 6.45) is 0.772. The largest absolute Gasteiger partial charge is 0.493 e. The Morgan fingerprint density at radius 2 is 2.10 bits per heavy atom. The molecule has 6 nitrogen and oxygen atoms in total. The van der Waals surface area contributed by atoms with Crippen LogP contribution in [-0.2, 0) is 16.0 Å². The number of ether oxygens (including phenoxy) is 3. The minimum atomic E-state index is -0.199. The maximum atomic E-state index is 11.5. The molecule has 0 radical (unpaired) electrons. The van der Waals surface area contributed by atoms with Gasteiger partial charge in [-0.05, 0) is 30.7 Å². The predicted octanol–water partition coefficient (Wildman–Crippen LogP) is 0.338. The van der Waals surface area contributed by atoms with Crippen LogP contribution in [0.1, 0.15) is 5.56 Å². The fraction of sp³-hybridized carbons (Fsp3) is 0.500. The van der Waals surface area contributed by atoms with Crippen LogP contribution in [0.3, 0.4) is 0 Å². The number of nitrogens with one attached hydrogen (secondary N) is 1. The SMILES string of the molecule is COCCNC(=O)COc1ccc(CCN)cc1OC. The number of amides is 1.